The van der Waals surface area contributed by atoms with Crippen molar-refractivity contribution in [3.63, 3.8) is 0 Å². The fourth-order valence-corrected chi connectivity index (χ4v) is 5.87. The first-order valence-electron chi connectivity index (χ1n) is 10.2. The first kappa shape index (κ1) is 24.2. The number of nitrogens with zero attached hydrogens (tertiary/aromatic N) is 3. The Morgan fingerprint density at radius 1 is 1.38 bits per heavy atom. The molecule has 0 aliphatic carbocycles. The van der Waals surface area contributed by atoms with Crippen molar-refractivity contribution in [1.82, 2.24) is 19.8 Å². The number of carbonyl (C=O) groups is 2. The monoisotopic (exact) mass is 490 g/mol. The minimum absolute atomic E-state index is 0.00903. The molecule has 0 spiro atoms. The average Bonchev–Trinajstić information content (AvgIpc) is 3.41. The molecule has 0 fully saturated rings. The molecule has 0 atom stereocenters. The summed E-state index contributed by atoms with van der Waals surface area (Å²) in [6, 6.07) is 3.95. The van der Waals surface area contributed by atoms with Gasteiger partial charge in [-0.3, -0.25) is 19.0 Å². The van der Waals surface area contributed by atoms with E-state index in [1.807, 2.05) is 43.7 Å². The van der Waals surface area contributed by atoms with Crippen LogP contribution >= 0.6 is 34.4 Å². The second-order valence-corrected chi connectivity index (χ2v) is 10.1. The smallest absolute Gasteiger partial charge is 0.263 e. The number of likely N-dealkylation sites (N-methyl/N-ethyl adjacent to an activating group) is 1. The van der Waals surface area contributed by atoms with Gasteiger partial charge in [0.25, 0.3) is 5.56 Å². The Balaban J connectivity index is 1.84. The third-order valence-electron chi connectivity index (χ3n) is 4.60. The third-order valence-corrected chi connectivity index (χ3v) is 7.34. The van der Waals surface area contributed by atoms with Crippen LogP contribution in [0.25, 0.3) is 20.7 Å². The quantitative estimate of drug-likeness (QED) is 0.265. The zero-order valence-electron chi connectivity index (χ0n) is 18.3. The maximum Gasteiger partial charge on any atom is 0.263 e. The van der Waals surface area contributed by atoms with E-state index >= 15 is 0 Å². The van der Waals surface area contributed by atoms with Crippen LogP contribution in [0.15, 0.2) is 45.5 Å². The topological polar surface area (TPSA) is 84.3 Å². The zero-order valence-corrected chi connectivity index (χ0v) is 20.7. The van der Waals surface area contributed by atoms with E-state index in [2.05, 4.69) is 11.9 Å². The Hall–Kier alpha value is -2.43. The number of thiophene rings is 2. The summed E-state index contributed by atoms with van der Waals surface area (Å²) >= 11 is 4.21. The van der Waals surface area contributed by atoms with Crippen LogP contribution in [0.5, 0.6) is 0 Å². The van der Waals surface area contributed by atoms with Gasteiger partial charge in [-0.05, 0) is 32.2 Å². The normalized spacial score (nSPS) is 11.1. The van der Waals surface area contributed by atoms with Gasteiger partial charge in [-0.1, -0.05) is 23.9 Å². The second kappa shape index (κ2) is 10.9. The van der Waals surface area contributed by atoms with Crippen molar-refractivity contribution in [3.8, 4) is 10.4 Å². The maximum atomic E-state index is 13.3. The van der Waals surface area contributed by atoms with Crippen LogP contribution in [0.4, 0.5) is 0 Å². The SMILES string of the molecule is C=CCn1c(SCC(=O)N(CC)CC(=O)NC(C)C)nc2scc(-c3cccs3)c2c1=O. The van der Waals surface area contributed by atoms with Gasteiger partial charge < -0.3 is 10.2 Å². The predicted octanol–water partition coefficient (Wildman–Crippen LogP) is 3.84. The van der Waals surface area contributed by atoms with E-state index in [9.17, 15) is 14.4 Å². The summed E-state index contributed by atoms with van der Waals surface area (Å²) in [7, 11) is 0. The molecule has 3 rings (SSSR count). The first-order valence-corrected chi connectivity index (χ1v) is 13.0. The Morgan fingerprint density at radius 2 is 2.16 bits per heavy atom. The van der Waals surface area contributed by atoms with Crippen LogP contribution in [0.3, 0.4) is 0 Å². The Kier molecular flexibility index (Phi) is 8.27. The Labute approximate surface area is 199 Å². The molecule has 0 bridgehead atoms. The van der Waals surface area contributed by atoms with Gasteiger partial charge in [0, 0.05) is 35.0 Å². The number of aromatic nitrogens is 2. The Morgan fingerprint density at radius 3 is 2.78 bits per heavy atom. The summed E-state index contributed by atoms with van der Waals surface area (Å²) in [4.78, 5) is 46.0. The fraction of sp³-hybridized carbons (Fsp3) is 0.364. The average molecular weight is 491 g/mol. The van der Waals surface area contributed by atoms with Crippen molar-refractivity contribution in [2.24, 2.45) is 0 Å². The number of hydrogen-bond acceptors (Lipinski definition) is 7. The zero-order chi connectivity index (χ0) is 23.3. The highest BCUT2D eigenvalue weighted by atomic mass is 32.2. The van der Waals surface area contributed by atoms with Crippen LogP contribution in [0.2, 0.25) is 0 Å². The van der Waals surface area contributed by atoms with E-state index in [0.29, 0.717) is 28.5 Å². The van der Waals surface area contributed by atoms with Gasteiger partial charge in [-0.15, -0.1) is 29.3 Å². The fourth-order valence-electron chi connectivity index (χ4n) is 3.15. The Bertz CT molecular complexity index is 1170. The van der Waals surface area contributed by atoms with Crippen LogP contribution in [-0.2, 0) is 16.1 Å². The van der Waals surface area contributed by atoms with E-state index in [1.54, 1.807) is 22.0 Å². The van der Waals surface area contributed by atoms with E-state index in [0.717, 1.165) is 10.4 Å². The van der Waals surface area contributed by atoms with Gasteiger partial charge in [0.1, 0.15) is 4.83 Å². The molecule has 0 radical (unpaired) electrons. The molecule has 0 saturated carbocycles. The largest absolute Gasteiger partial charge is 0.352 e. The number of carbonyl (C=O) groups excluding carboxylic acids is 2. The molecule has 2 amide bonds. The summed E-state index contributed by atoms with van der Waals surface area (Å²) in [6.45, 7) is 10.1. The van der Waals surface area contributed by atoms with Gasteiger partial charge >= 0.3 is 0 Å². The molecule has 0 aliphatic heterocycles. The number of hydrogen-bond donors (Lipinski definition) is 1. The molecule has 0 aliphatic rings. The molecule has 32 heavy (non-hydrogen) atoms. The van der Waals surface area contributed by atoms with E-state index < -0.39 is 0 Å². The maximum absolute atomic E-state index is 13.3. The van der Waals surface area contributed by atoms with Crippen molar-refractivity contribution in [2.45, 2.75) is 38.5 Å². The molecular weight excluding hydrogens is 464 g/mol. The lowest BCUT2D eigenvalue weighted by Crippen LogP contribution is -2.43. The second-order valence-electron chi connectivity index (χ2n) is 7.32. The van der Waals surface area contributed by atoms with Crippen molar-refractivity contribution < 1.29 is 9.59 Å². The lowest BCUT2D eigenvalue weighted by molar-refractivity contribution is -0.134. The molecule has 3 heterocycles. The van der Waals surface area contributed by atoms with E-state index in [-0.39, 0.29) is 35.7 Å². The predicted molar refractivity (Wildman–Crippen MR) is 134 cm³/mol. The summed E-state index contributed by atoms with van der Waals surface area (Å²) < 4.78 is 1.55. The highest BCUT2D eigenvalue weighted by molar-refractivity contribution is 7.99. The number of thioether (sulfide) groups is 1. The first-order chi connectivity index (χ1) is 15.3. The summed E-state index contributed by atoms with van der Waals surface area (Å²) in [5.41, 5.74) is 0.745. The molecule has 1 N–H and O–H groups in total. The molecular formula is C22H26N4O3S3. The van der Waals surface area contributed by atoms with Gasteiger partial charge in [0.15, 0.2) is 5.16 Å². The molecule has 3 aromatic heterocycles. The number of fused-ring (bicyclic) bond motifs is 1. The molecule has 10 heteroatoms. The minimum atomic E-state index is -0.192. The van der Waals surface area contributed by atoms with Crippen LogP contribution in [-0.4, -0.2) is 51.1 Å². The van der Waals surface area contributed by atoms with Gasteiger partial charge in [0.2, 0.25) is 11.8 Å². The van der Waals surface area contributed by atoms with E-state index in [4.69, 9.17) is 4.98 Å². The highest BCUT2D eigenvalue weighted by Gasteiger charge is 2.20. The number of nitrogens with one attached hydrogen (secondary N) is 1. The molecule has 0 aromatic carbocycles. The minimum Gasteiger partial charge on any atom is -0.352 e. The van der Waals surface area contributed by atoms with Crippen LogP contribution in [0.1, 0.15) is 20.8 Å². The van der Waals surface area contributed by atoms with E-state index in [1.165, 1.54) is 28.0 Å². The van der Waals surface area contributed by atoms with Crippen LogP contribution < -0.4 is 10.9 Å². The molecule has 0 saturated heterocycles. The van der Waals surface area contributed by atoms with Crippen LogP contribution in [0, 0.1) is 0 Å². The molecule has 3 aromatic rings. The summed E-state index contributed by atoms with van der Waals surface area (Å²) in [6.07, 6.45) is 1.65. The lowest BCUT2D eigenvalue weighted by Gasteiger charge is -2.21. The number of rotatable bonds is 10. The summed E-state index contributed by atoms with van der Waals surface area (Å²) in [5.74, 6) is -0.287. The highest BCUT2D eigenvalue weighted by Crippen LogP contribution is 2.34. The van der Waals surface area contributed by atoms with Crippen molar-refractivity contribution in [1.29, 1.82) is 0 Å². The van der Waals surface area contributed by atoms with Gasteiger partial charge in [0.05, 0.1) is 17.7 Å². The van der Waals surface area contributed by atoms with Crippen molar-refractivity contribution >= 4 is 56.5 Å². The van der Waals surface area contributed by atoms with Gasteiger partial charge in [-0.2, -0.15) is 0 Å². The van der Waals surface area contributed by atoms with Crippen molar-refractivity contribution in [3.05, 3.63) is 45.9 Å². The van der Waals surface area contributed by atoms with Crippen molar-refractivity contribution in [2.75, 3.05) is 18.8 Å². The molecule has 0 unspecified atom stereocenters. The third kappa shape index (κ3) is 5.48. The standard InChI is InChI=1S/C22H26N4O3S3/c1-5-9-26-21(29)19-15(16-8-7-10-30-16)12-31-20(19)24-22(26)32-13-18(28)25(6-2)11-17(27)23-14(3)4/h5,7-8,10,12,14H,1,6,9,11,13H2,2-4H3,(H,23,27). The van der Waals surface area contributed by atoms with Gasteiger partial charge in [-0.25, -0.2) is 4.98 Å². The number of amides is 2. The summed E-state index contributed by atoms with van der Waals surface area (Å²) in [5, 5.41) is 7.79. The number of allylic oxidation sites excluding steroid dienone is 1. The molecule has 7 nitrogen and oxygen atoms in total. The molecule has 170 valence electrons. The lowest BCUT2D eigenvalue weighted by atomic mass is 10.2.